The molecule has 0 bridgehead atoms. The molecule has 1 fully saturated rings. The molecule has 3 rings (SSSR count). The summed E-state index contributed by atoms with van der Waals surface area (Å²) in [6.07, 6.45) is 0. The van der Waals surface area contributed by atoms with Crippen LogP contribution in [0.4, 0.5) is 11.4 Å². The molecule has 2 aromatic carbocycles. The van der Waals surface area contributed by atoms with Crippen LogP contribution in [0.3, 0.4) is 0 Å². The number of carbonyl (C=O) groups excluding carboxylic acids is 1. The van der Waals surface area contributed by atoms with Crippen LogP contribution in [0.15, 0.2) is 36.4 Å². The molecule has 1 aliphatic rings. The Labute approximate surface area is 159 Å². The predicted molar refractivity (Wildman–Crippen MR) is 107 cm³/mol. The maximum absolute atomic E-state index is 12.8. The van der Waals surface area contributed by atoms with Crippen molar-refractivity contribution in [3.8, 4) is 5.75 Å². The summed E-state index contributed by atoms with van der Waals surface area (Å²) in [6.45, 7) is 5.76. The molecule has 0 aliphatic carbocycles. The van der Waals surface area contributed by atoms with Crippen molar-refractivity contribution in [1.29, 1.82) is 0 Å². The predicted octanol–water partition coefficient (Wildman–Crippen LogP) is 3.66. The number of carbonyl (C=O) groups is 1. The Morgan fingerprint density at radius 1 is 1.12 bits per heavy atom. The molecular weight excluding hydrogens is 350 g/mol. The zero-order valence-corrected chi connectivity index (χ0v) is 16.1. The van der Waals surface area contributed by atoms with Crippen LogP contribution >= 0.6 is 11.6 Å². The third-order valence-electron chi connectivity index (χ3n) is 4.72. The maximum Gasteiger partial charge on any atom is 0.255 e. The molecule has 6 heteroatoms. The minimum atomic E-state index is -0.180. The lowest BCUT2D eigenvalue weighted by Crippen LogP contribution is -2.44. The number of hydrogen-bond acceptors (Lipinski definition) is 4. The van der Waals surface area contributed by atoms with Gasteiger partial charge in [0.25, 0.3) is 5.91 Å². The van der Waals surface area contributed by atoms with Crippen LogP contribution in [-0.2, 0) is 0 Å². The number of aryl methyl sites for hydroxylation is 1. The third-order valence-corrected chi connectivity index (χ3v) is 4.96. The van der Waals surface area contributed by atoms with Crippen LogP contribution in [0.2, 0.25) is 5.02 Å². The van der Waals surface area contributed by atoms with E-state index < -0.39 is 0 Å². The van der Waals surface area contributed by atoms with E-state index in [1.165, 1.54) is 0 Å². The molecule has 1 heterocycles. The van der Waals surface area contributed by atoms with Gasteiger partial charge in [-0.2, -0.15) is 0 Å². The summed E-state index contributed by atoms with van der Waals surface area (Å²) in [4.78, 5) is 17.3. The zero-order valence-electron chi connectivity index (χ0n) is 15.4. The Morgan fingerprint density at radius 2 is 1.85 bits per heavy atom. The fraction of sp³-hybridized carbons (Fsp3) is 0.350. The normalized spacial score (nSPS) is 15.0. The summed E-state index contributed by atoms with van der Waals surface area (Å²) >= 11 is 6.18. The summed E-state index contributed by atoms with van der Waals surface area (Å²) in [5.74, 6) is 0.518. The van der Waals surface area contributed by atoms with Crippen molar-refractivity contribution in [2.75, 3.05) is 50.6 Å². The van der Waals surface area contributed by atoms with Gasteiger partial charge in [-0.05, 0) is 49.9 Å². The van der Waals surface area contributed by atoms with E-state index in [1.807, 2.05) is 25.1 Å². The summed E-state index contributed by atoms with van der Waals surface area (Å²) in [7, 11) is 3.72. The summed E-state index contributed by atoms with van der Waals surface area (Å²) in [5, 5.41) is 3.61. The second-order valence-electron chi connectivity index (χ2n) is 6.59. The van der Waals surface area contributed by atoms with Gasteiger partial charge in [0.15, 0.2) is 0 Å². The molecule has 5 nitrogen and oxygen atoms in total. The zero-order chi connectivity index (χ0) is 18.7. The highest BCUT2D eigenvalue weighted by molar-refractivity contribution is 6.31. The first kappa shape index (κ1) is 18.5. The molecule has 1 N–H and O–H groups in total. The SMILES string of the molecule is COc1cc(C(=O)Nc2cc(Cl)ccc2N2CCN(C)CC2)ccc1C. The molecule has 0 saturated carbocycles. The maximum atomic E-state index is 12.8. The van der Waals surface area contributed by atoms with Crippen molar-refractivity contribution in [1.82, 2.24) is 4.90 Å². The Kier molecular flexibility index (Phi) is 5.69. The van der Waals surface area contributed by atoms with Gasteiger partial charge in [0, 0.05) is 36.8 Å². The Morgan fingerprint density at radius 3 is 2.54 bits per heavy atom. The minimum Gasteiger partial charge on any atom is -0.496 e. The number of likely N-dealkylation sites (N-methyl/N-ethyl adjacent to an activating group) is 1. The highest BCUT2D eigenvalue weighted by atomic mass is 35.5. The molecule has 0 aromatic heterocycles. The van der Waals surface area contributed by atoms with Crippen molar-refractivity contribution in [3.63, 3.8) is 0 Å². The van der Waals surface area contributed by atoms with Gasteiger partial charge in [0.1, 0.15) is 5.75 Å². The van der Waals surface area contributed by atoms with Crippen LogP contribution in [0.5, 0.6) is 5.75 Å². The molecule has 0 unspecified atom stereocenters. The van der Waals surface area contributed by atoms with Crippen molar-refractivity contribution >= 4 is 28.9 Å². The molecule has 0 atom stereocenters. The Hall–Kier alpha value is -2.24. The van der Waals surface area contributed by atoms with Crippen LogP contribution in [0, 0.1) is 6.92 Å². The van der Waals surface area contributed by atoms with Gasteiger partial charge >= 0.3 is 0 Å². The fourth-order valence-corrected chi connectivity index (χ4v) is 3.26. The first-order chi connectivity index (χ1) is 12.5. The van der Waals surface area contributed by atoms with Gasteiger partial charge in [-0.25, -0.2) is 0 Å². The van der Waals surface area contributed by atoms with Crippen LogP contribution in [0.1, 0.15) is 15.9 Å². The molecule has 138 valence electrons. The second kappa shape index (κ2) is 7.98. The van der Waals surface area contributed by atoms with Crippen molar-refractivity contribution in [3.05, 3.63) is 52.5 Å². The molecule has 1 aliphatic heterocycles. The van der Waals surface area contributed by atoms with Crippen LogP contribution in [-0.4, -0.2) is 51.1 Å². The lowest BCUT2D eigenvalue weighted by atomic mass is 10.1. The number of benzene rings is 2. The van der Waals surface area contributed by atoms with E-state index in [-0.39, 0.29) is 5.91 Å². The monoisotopic (exact) mass is 373 g/mol. The third kappa shape index (κ3) is 4.11. The molecule has 1 amide bonds. The number of rotatable bonds is 4. The summed E-state index contributed by atoms with van der Waals surface area (Å²) < 4.78 is 5.32. The van der Waals surface area contributed by atoms with Crippen molar-refractivity contribution in [2.24, 2.45) is 0 Å². The summed E-state index contributed by atoms with van der Waals surface area (Å²) in [5.41, 5.74) is 3.27. The van der Waals surface area contributed by atoms with E-state index >= 15 is 0 Å². The lowest BCUT2D eigenvalue weighted by molar-refractivity contribution is 0.102. The average Bonchev–Trinajstić information content (AvgIpc) is 2.63. The van der Waals surface area contributed by atoms with Crippen molar-refractivity contribution < 1.29 is 9.53 Å². The highest BCUT2D eigenvalue weighted by Crippen LogP contribution is 2.30. The number of amides is 1. The number of ether oxygens (including phenoxy) is 1. The molecule has 2 aromatic rings. The number of hydrogen-bond donors (Lipinski definition) is 1. The number of nitrogens with zero attached hydrogens (tertiary/aromatic N) is 2. The molecule has 1 saturated heterocycles. The van der Waals surface area contributed by atoms with E-state index in [0.29, 0.717) is 16.3 Å². The molecule has 26 heavy (non-hydrogen) atoms. The van der Waals surface area contributed by atoms with E-state index in [0.717, 1.165) is 43.1 Å². The molecular formula is C20H24ClN3O2. The quantitative estimate of drug-likeness (QED) is 0.888. The van der Waals surface area contributed by atoms with E-state index in [4.69, 9.17) is 16.3 Å². The molecule has 0 radical (unpaired) electrons. The van der Waals surface area contributed by atoms with E-state index in [2.05, 4.69) is 22.2 Å². The topological polar surface area (TPSA) is 44.8 Å². The largest absolute Gasteiger partial charge is 0.496 e. The van der Waals surface area contributed by atoms with Crippen LogP contribution in [0.25, 0.3) is 0 Å². The summed E-state index contributed by atoms with van der Waals surface area (Å²) in [6, 6.07) is 11.1. The van der Waals surface area contributed by atoms with Gasteiger partial charge in [-0.15, -0.1) is 0 Å². The van der Waals surface area contributed by atoms with Gasteiger partial charge in [0.05, 0.1) is 18.5 Å². The Bertz CT molecular complexity index is 802. The number of methoxy groups -OCH3 is 1. The van der Waals surface area contributed by atoms with Crippen LogP contribution < -0.4 is 15.0 Å². The lowest BCUT2D eigenvalue weighted by Gasteiger charge is -2.35. The minimum absolute atomic E-state index is 0.180. The van der Waals surface area contributed by atoms with Gasteiger partial charge in [-0.1, -0.05) is 17.7 Å². The average molecular weight is 374 g/mol. The van der Waals surface area contributed by atoms with E-state index in [9.17, 15) is 4.79 Å². The number of piperazine rings is 1. The second-order valence-corrected chi connectivity index (χ2v) is 7.03. The van der Waals surface area contributed by atoms with Gasteiger partial charge in [-0.3, -0.25) is 4.79 Å². The standard InChI is InChI=1S/C20H24ClN3O2/c1-14-4-5-15(12-19(14)26-3)20(25)22-17-13-16(21)6-7-18(17)24-10-8-23(2)9-11-24/h4-7,12-13H,8-11H2,1-3H3,(H,22,25). The Balaban J connectivity index is 1.84. The highest BCUT2D eigenvalue weighted by Gasteiger charge is 2.19. The first-order valence-corrected chi connectivity index (χ1v) is 9.05. The number of nitrogens with one attached hydrogen (secondary N) is 1. The van der Waals surface area contributed by atoms with Gasteiger partial charge < -0.3 is 19.9 Å². The number of anilines is 2. The fourth-order valence-electron chi connectivity index (χ4n) is 3.09. The molecule has 0 spiro atoms. The van der Waals surface area contributed by atoms with E-state index in [1.54, 1.807) is 25.3 Å². The first-order valence-electron chi connectivity index (χ1n) is 8.67. The van der Waals surface area contributed by atoms with Gasteiger partial charge in [0.2, 0.25) is 0 Å². The van der Waals surface area contributed by atoms with Crippen molar-refractivity contribution in [2.45, 2.75) is 6.92 Å². The number of halogens is 1. The smallest absolute Gasteiger partial charge is 0.255 e.